The Morgan fingerprint density at radius 3 is 2.65 bits per heavy atom. The SMILES string of the molecule is CNCC(C)S(=O)(=O)NC1CCN(C)CC1C. The average molecular weight is 263 g/mol. The lowest BCUT2D eigenvalue weighted by atomic mass is 9.95. The number of nitrogens with one attached hydrogen (secondary N) is 2. The van der Waals surface area contributed by atoms with Gasteiger partial charge in [-0.2, -0.15) is 0 Å². The molecule has 1 fully saturated rings. The van der Waals surface area contributed by atoms with E-state index in [1.165, 1.54) is 0 Å². The Hall–Kier alpha value is -0.170. The number of hydrogen-bond acceptors (Lipinski definition) is 4. The molecular formula is C11H25N3O2S. The molecule has 0 radical (unpaired) electrons. The Bertz CT molecular complexity index is 332. The second-order valence-electron chi connectivity index (χ2n) is 5.17. The maximum Gasteiger partial charge on any atom is 0.215 e. The summed E-state index contributed by atoms with van der Waals surface area (Å²) in [6.45, 7) is 6.23. The maximum atomic E-state index is 12.1. The molecule has 6 heteroatoms. The minimum Gasteiger partial charge on any atom is -0.318 e. The van der Waals surface area contributed by atoms with E-state index in [9.17, 15) is 8.42 Å². The van der Waals surface area contributed by atoms with E-state index in [1.54, 1.807) is 14.0 Å². The molecule has 0 bridgehead atoms. The number of sulfonamides is 1. The molecule has 1 aliphatic rings. The predicted octanol–water partition coefficient (Wildman–Crippen LogP) is -0.146. The molecule has 0 aromatic rings. The van der Waals surface area contributed by atoms with Crippen LogP contribution in [-0.4, -0.2) is 58.3 Å². The fourth-order valence-corrected chi connectivity index (χ4v) is 3.64. The third-order valence-electron chi connectivity index (χ3n) is 3.45. The molecule has 0 aliphatic carbocycles. The zero-order chi connectivity index (χ0) is 13.1. The van der Waals surface area contributed by atoms with Crippen LogP contribution in [0.5, 0.6) is 0 Å². The van der Waals surface area contributed by atoms with E-state index in [1.807, 2.05) is 0 Å². The van der Waals surface area contributed by atoms with Crippen molar-refractivity contribution in [2.45, 2.75) is 31.6 Å². The lowest BCUT2D eigenvalue weighted by Gasteiger charge is -2.35. The third-order valence-corrected chi connectivity index (χ3v) is 5.30. The van der Waals surface area contributed by atoms with Gasteiger partial charge in [0.1, 0.15) is 0 Å². The lowest BCUT2D eigenvalue weighted by molar-refractivity contribution is 0.188. The quantitative estimate of drug-likeness (QED) is 0.724. The van der Waals surface area contributed by atoms with Crippen LogP contribution in [0.2, 0.25) is 0 Å². The van der Waals surface area contributed by atoms with Crippen LogP contribution < -0.4 is 10.0 Å². The topological polar surface area (TPSA) is 61.4 Å². The molecule has 3 unspecified atom stereocenters. The number of rotatable bonds is 5. The van der Waals surface area contributed by atoms with Crippen molar-refractivity contribution < 1.29 is 8.42 Å². The summed E-state index contributed by atoms with van der Waals surface area (Å²) in [6.07, 6.45) is 0.892. The molecular weight excluding hydrogens is 238 g/mol. The van der Waals surface area contributed by atoms with Gasteiger partial charge in [0.05, 0.1) is 5.25 Å². The van der Waals surface area contributed by atoms with E-state index in [-0.39, 0.29) is 11.3 Å². The summed E-state index contributed by atoms with van der Waals surface area (Å²) in [4.78, 5) is 2.24. The first-order valence-corrected chi connectivity index (χ1v) is 7.75. The Labute approximate surface area is 105 Å². The Morgan fingerprint density at radius 1 is 1.47 bits per heavy atom. The Kier molecular flexibility index (Phi) is 5.37. The highest BCUT2D eigenvalue weighted by Crippen LogP contribution is 2.17. The van der Waals surface area contributed by atoms with E-state index in [0.29, 0.717) is 12.5 Å². The molecule has 3 atom stereocenters. The van der Waals surface area contributed by atoms with Gasteiger partial charge in [0.15, 0.2) is 0 Å². The van der Waals surface area contributed by atoms with Gasteiger partial charge in [-0.1, -0.05) is 6.92 Å². The van der Waals surface area contributed by atoms with Crippen molar-refractivity contribution in [3.63, 3.8) is 0 Å². The Balaban J connectivity index is 2.58. The second-order valence-corrected chi connectivity index (χ2v) is 7.30. The van der Waals surface area contributed by atoms with Gasteiger partial charge >= 0.3 is 0 Å². The van der Waals surface area contributed by atoms with Gasteiger partial charge in [-0.05, 0) is 39.9 Å². The molecule has 0 amide bonds. The normalized spacial score (nSPS) is 29.2. The van der Waals surface area contributed by atoms with Gasteiger partial charge < -0.3 is 10.2 Å². The monoisotopic (exact) mass is 263 g/mol. The number of likely N-dealkylation sites (tertiary alicyclic amines) is 1. The standard InChI is InChI=1S/C11H25N3O2S/c1-9-8-14(4)6-5-11(9)13-17(15,16)10(2)7-12-3/h9-13H,5-8H2,1-4H3. The largest absolute Gasteiger partial charge is 0.318 e. The zero-order valence-corrected chi connectivity index (χ0v) is 12.0. The summed E-state index contributed by atoms with van der Waals surface area (Å²) >= 11 is 0. The Morgan fingerprint density at radius 2 is 2.12 bits per heavy atom. The molecule has 5 nitrogen and oxygen atoms in total. The molecule has 1 saturated heterocycles. The summed E-state index contributed by atoms with van der Waals surface area (Å²) < 4.78 is 27.0. The number of nitrogens with zero attached hydrogens (tertiary/aromatic N) is 1. The van der Waals surface area contributed by atoms with Gasteiger partial charge in [0, 0.05) is 19.1 Å². The highest BCUT2D eigenvalue weighted by atomic mass is 32.2. The van der Waals surface area contributed by atoms with E-state index < -0.39 is 10.0 Å². The minimum absolute atomic E-state index is 0.0792. The molecule has 0 aromatic carbocycles. The first-order chi connectivity index (χ1) is 7.86. The minimum atomic E-state index is -3.20. The predicted molar refractivity (Wildman–Crippen MR) is 70.5 cm³/mol. The fourth-order valence-electron chi connectivity index (χ4n) is 2.25. The van der Waals surface area contributed by atoms with Crippen molar-refractivity contribution in [2.24, 2.45) is 5.92 Å². The highest BCUT2D eigenvalue weighted by molar-refractivity contribution is 7.90. The molecule has 0 spiro atoms. The molecule has 2 N–H and O–H groups in total. The highest BCUT2D eigenvalue weighted by Gasteiger charge is 2.30. The van der Waals surface area contributed by atoms with E-state index in [0.717, 1.165) is 19.5 Å². The fraction of sp³-hybridized carbons (Fsp3) is 1.00. The molecule has 1 heterocycles. The molecule has 0 aromatic heterocycles. The van der Waals surface area contributed by atoms with Gasteiger partial charge in [-0.25, -0.2) is 13.1 Å². The van der Waals surface area contributed by atoms with E-state index in [2.05, 4.69) is 28.9 Å². The van der Waals surface area contributed by atoms with Crippen LogP contribution in [0.3, 0.4) is 0 Å². The summed E-state index contributed by atoms with van der Waals surface area (Å²) in [7, 11) is 0.639. The summed E-state index contributed by atoms with van der Waals surface area (Å²) in [5.41, 5.74) is 0. The lowest BCUT2D eigenvalue weighted by Crippen LogP contribution is -2.51. The van der Waals surface area contributed by atoms with Gasteiger partial charge in [-0.15, -0.1) is 0 Å². The zero-order valence-electron chi connectivity index (χ0n) is 11.2. The van der Waals surface area contributed by atoms with Crippen LogP contribution in [0.15, 0.2) is 0 Å². The number of hydrogen-bond donors (Lipinski definition) is 2. The molecule has 1 rings (SSSR count). The molecule has 17 heavy (non-hydrogen) atoms. The summed E-state index contributed by atoms with van der Waals surface area (Å²) in [5.74, 6) is 0.366. The van der Waals surface area contributed by atoms with E-state index in [4.69, 9.17) is 0 Å². The molecule has 0 saturated carbocycles. The average Bonchev–Trinajstić information content (AvgIpc) is 2.22. The van der Waals surface area contributed by atoms with Crippen LogP contribution >= 0.6 is 0 Å². The molecule has 102 valence electrons. The maximum absolute atomic E-state index is 12.1. The van der Waals surface area contributed by atoms with Crippen molar-refractivity contribution in [1.29, 1.82) is 0 Å². The van der Waals surface area contributed by atoms with Crippen molar-refractivity contribution in [3.8, 4) is 0 Å². The third kappa shape index (κ3) is 4.21. The van der Waals surface area contributed by atoms with Crippen molar-refractivity contribution in [2.75, 3.05) is 33.7 Å². The first-order valence-electron chi connectivity index (χ1n) is 6.21. The summed E-state index contributed by atoms with van der Waals surface area (Å²) in [5, 5.41) is 2.51. The number of piperidine rings is 1. The van der Waals surface area contributed by atoms with Gasteiger partial charge in [-0.3, -0.25) is 0 Å². The van der Waals surface area contributed by atoms with Crippen LogP contribution in [0.4, 0.5) is 0 Å². The van der Waals surface area contributed by atoms with Crippen LogP contribution in [-0.2, 0) is 10.0 Å². The summed E-state index contributed by atoms with van der Waals surface area (Å²) in [6, 6.07) is 0.0792. The van der Waals surface area contributed by atoms with Crippen LogP contribution in [0, 0.1) is 5.92 Å². The second kappa shape index (κ2) is 6.13. The van der Waals surface area contributed by atoms with Crippen LogP contribution in [0.1, 0.15) is 20.3 Å². The van der Waals surface area contributed by atoms with Gasteiger partial charge in [0.2, 0.25) is 10.0 Å². The van der Waals surface area contributed by atoms with Crippen molar-refractivity contribution in [3.05, 3.63) is 0 Å². The van der Waals surface area contributed by atoms with Crippen LogP contribution in [0.25, 0.3) is 0 Å². The smallest absolute Gasteiger partial charge is 0.215 e. The van der Waals surface area contributed by atoms with E-state index >= 15 is 0 Å². The van der Waals surface area contributed by atoms with Gasteiger partial charge in [0.25, 0.3) is 0 Å². The van der Waals surface area contributed by atoms with Crippen molar-refractivity contribution in [1.82, 2.24) is 14.9 Å². The van der Waals surface area contributed by atoms with Crippen molar-refractivity contribution >= 4 is 10.0 Å². The molecule has 1 aliphatic heterocycles. The first kappa shape index (κ1) is 14.9.